The largest absolute Gasteiger partial charge is 0.463 e. The number of esters is 1. The zero-order valence-electron chi connectivity index (χ0n) is 17.6. The zero-order chi connectivity index (χ0) is 19.6. The van der Waals surface area contributed by atoms with Crippen molar-refractivity contribution in [2.45, 2.75) is 91.9 Å². The Morgan fingerprint density at radius 2 is 1.42 bits per heavy atom. The summed E-state index contributed by atoms with van der Waals surface area (Å²) in [6, 6.07) is 0. The van der Waals surface area contributed by atoms with Crippen LogP contribution in [0.2, 0.25) is 0 Å². The van der Waals surface area contributed by atoms with Crippen molar-refractivity contribution >= 4 is 11.9 Å². The van der Waals surface area contributed by atoms with Crippen molar-refractivity contribution in [2.24, 2.45) is 5.92 Å². The standard InChI is InChI=1S/C22H41NO3/c1-5-7-9-11-17-23(18-12-10-8-6-2)21(24)15-16-22(25)26-19-13-14-20(3)4/h15-16,20H,5-14,17-19H2,1-4H3/b16-15+. The number of ether oxygens (including phenoxy) is 1. The molecule has 0 saturated carbocycles. The second-order valence-corrected chi connectivity index (χ2v) is 7.48. The van der Waals surface area contributed by atoms with Crippen molar-refractivity contribution in [3.8, 4) is 0 Å². The first-order chi connectivity index (χ1) is 12.5. The average Bonchev–Trinajstić information content (AvgIpc) is 2.61. The van der Waals surface area contributed by atoms with Crippen molar-refractivity contribution in [1.29, 1.82) is 0 Å². The Balaban J connectivity index is 4.31. The summed E-state index contributed by atoms with van der Waals surface area (Å²) in [5.74, 6) is 0.121. The summed E-state index contributed by atoms with van der Waals surface area (Å²) in [6.45, 7) is 10.6. The Hall–Kier alpha value is -1.32. The molecule has 0 aliphatic rings. The fraction of sp³-hybridized carbons (Fsp3) is 0.818. The lowest BCUT2D eigenvalue weighted by Gasteiger charge is -2.21. The van der Waals surface area contributed by atoms with E-state index in [1.165, 1.54) is 37.8 Å². The molecule has 0 aromatic heterocycles. The van der Waals surface area contributed by atoms with Gasteiger partial charge in [0.05, 0.1) is 6.61 Å². The summed E-state index contributed by atoms with van der Waals surface area (Å²) in [5, 5.41) is 0. The highest BCUT2D eigenvalue weighted by atomic mass is 16.5. The topological polar surface area (TPSA) is 46.6 Å². The van der Waals surface area contributed by atoms with Crippen LogP contribution in [-0.2, 0) is 14.3 Å². The number of carbonyl (C=O) groups is 2. The second-order valence-electron chi connectivity index (χ2n) is 7.48. The highest BCUT2D eigenvalue weighted by molar-refractivity contribution is 5.94. The predicted molar refractivity (Wildman–Crippen MR) is 109 cm³/mol. The smallest absolute Gasteiger partial charge is 0.330 e. The number of amides is 1. The predicted octanol–water partition coefficient (Wildman–Crippen LogP) is 5.51. The van der Waals surface area contributed by atoms with Crippen LogP contribution in [0.1, 0.15) is 91.9 Å². The molecule has 26 heavy (non-hydrogen) atoms. The van der Waals surface area contributed by atoms with E-state index in [0.29, 0.717) is 12.5 Å². The van der Waals surface area contributed by atoms with Gasteiger partial charge in [-0.3, -0.25) is 4.79 Å². The van der Waals surface area contributed by atoms with Crippen molar-refractivity contribution in [1.82, 2.24) is 4.90 Å². The molecule has 0 bridgehead atoms. The lowest BCUT2D eigenvalue weighted by Crippen LogP contribution is -2.31. The van der Waals surface area contributed by atoms with Crippen LogP contribution in [0.4, 0.5) is 0 Å². The first-order valence-corrected chi connectivity index (χ1v) is 10.6. The minimum atomic E-state index is -0.418. The average molecular weight is 368 g/mol. The fourth-order valence-corrected chi connectivity index (χ4v) is 2.75. The Morgan fingerprint density at radius 1 is 0.846 bits per heavy atom. The molecule has 0 unspecified atom stereocenters. The molecule has 152 valence electrons. The maximum atomic E-state index is 12.4. The van der Waals surface area contributed by atoms with Gasteiger partial charge >= 0.3 is 5.97 Å². The van der Waals surface area contributed by atoms with E-state index in [1.54, 1.807) is 0 Å². The van der Waals surface area contributed by atoms with E-state index in [0.717, 1.165) is 51.6 Å². The maximum absolute atomic E-state index is 12.4. The van der Waals surface area contributed by atoms with Gasteiger partial charge in [-0.1, -0.05) is 66.2 Å². The Morgan fingerprint density at radius 3 is 1.92 bits per heavy atom. The Labute approximate surface area is 161 Å². The van der Waals surface area contributed by atoms with Gasteiger partial charge in [-0.25, -0.2) is 4.79 Å². The van der Waals surface area contributed by atoms with E-state index in [2.05, 4.69) is 27.7 Å². The number of hydrogen-bond acceptors (Lipinski definition) is 3. The monoisotopic (exact) mass is 367 g/mol. The number of hydrogen-bond donors (Lipinski definition) is 0. The SMILES string of the molecule is CCCCCCN(CCCCCC)C(=O)/C=C/C(=O)OCCCC(C)C. The van der Waals surface area contributed by atoms with Gasteiger partial charge in [0, 0.05) is 25.2 Å². The summed E-state index contributed by atoms with van der Waals surface area (Å²) in [4.78, 5) is 26.0. The summed E-state index contributed by atoms with van der Waals surface area (Å²) < 4.78 is 5.15. The van der Waals surface area contributed by atoms with Gasteiger partial charge in [0.15, 0.2) is 0 Å². The van der Waals surface area contributed by atoms with Crippen LogP contribution in [0.15, 0.2) is 12.2 Å². The maximum Gasteiger partial charge on any atom is 0.330 e. The summed E-state index contributed by atoms with van der Waals surface area (Å²) >= 11 is 0. The van der Waals surface area contributed by atoms with Crippen LogP contribution < -0.4 is 0 Å². The van der Waals surface area contributed by atoms with E-state index in [9.17, 15) is 9.59 Å². The third kappa shape index (κ3) is 15.0. The van der Waals surface area contributed by atoms with Crippen LogP contribution in [0.25, 0.3) is 0 Å². The van der Waals surface area contributed by atoms with Crippen molar-refractivity contribution in [2.75, 3.05) is 19.7 Å². The summed E-state index contributed by atoms with van der Waals surface area (Å²) in [5.41, 5.74) is 0. The quantitative estimate of drug-likeness (QED) is 0.205. The third-order valence-corrected chi connectivity index (χ3v) is 4.41. The molecule has 0 N–H and O–H groups in total. The van der Waals surface area contributed by atoms with Gasteiger partial charge in [0.1, 0.15) is 0 Å². The van der Waals surface area contributed by atoms with Gasteiger partial charge in [-0.15, -0.1) is 0 Å². The molecule has 4 heteroatoms. The third-order valence-electron chi connectivity index (χ3n) is 4.41. The molecule has 0 fully saturated rings. The van der Waals surface area contributed by atoms with Gasteiger partial charge in [-0.2, -0.15) is 0 Å². The molecular weight excluding hydrogens is 326 g/mol. The van der Waals surface area contributed by atoms with Crippen LogP contribution in [0, 0.1) is 5.92 Å². The van der Waals surface area contributed by atoms with Crippen LogP contribution in [0.5, 0.6) is 0 Å². The second kappa shape index (κ2) is 17.1. The van der Waals surface area contributed by atoms with Gasteiger partial charge in [-0.05, 0) is 31.6 Å². The highest BCUT2D eigenvalue weighted by Gasteiger charge is 2.11. The molecule has 0 aliphatic heterocycles. The van der Waals surface area contributed by atoms with Gasteiger partial charge < -0.3 is 9.64 Å². The van der Waals surface area contributed by atoms with Crippen LogP contribution in [0.3, 0.4) is 0 Å². The van der Waals surface area contributed by atoms with Crippen LogP contribution in [-0.4, -0.2) is 36.5 Å². The van der Waals surface area contributed by atoms with Gasteiger partial charge in [0.2, 0.25) is 5.91 Å². The van der Waals surface area contributed by atoms with Crippen LogP contribution >= 0.6 is 0 Å². The van der Waals surface area contributed by atoms with E-state index in [4.69, 9.17) is 4.74 Å². The lowest BCUT2D eigenvalue weighted by atomic mass is 10.1. The lowest BCUT2D eigenvalue weighted by molar-refractivity contribution is -0.138. The summed E-state index contributed by atoms with van der Waals surface area (Å²) in [7, 11) is 0. The van der Waals surface area contributed by atoms with Gasteiger partial charge in [0.25, 0.3) is 0 Å². The molecule has 0 aliphatic carbocycles. The molecule has 0 atom stereocenters. The molecule has 0 heterocycles. The highest BCUT2D eigenvalue weighted by Crippen LogP contribution is 2.07. The first-order valence-electron chi connectivity index (χ1n) is 10.6. The van der Waals surface area contributed by atoms with Crippen molar-refractivity contribution < 1.29 is 14.3 Å². The molecule has 0 aromatic rings. The fourth-order valence-electron chi connectivity index (χ4n) is 2.75. The molecule has 1 amide bonds. The Bertz CT molecular complexity index is 379. The van der Waals surface area contributed by atoms with E-state index in [1.807, 2.05) is 4.90 Å². The number of unbranched alkanes of at least 4 members (excludes halogenated alkanes) is 6. The molecular formula is C22H41NO3. The molecule has 0 rings (SSSR count). The minimum Gasteiger partial charge on any atom is -0.463 e. The van der Waals surface area contributed by atoms with E-state index < -0.39 is 5.97 Å². The molecule has 0 saturated heterocycles. The van der Waals surface area contributed by atoms with Crippen molar-refractivity contribution in [3.63, 3.8) is 0 Å². The normalized spacial score (nSPS) is 11.3. The number of rotatable bonds is 16. The van der Waals surface area contributed by atoms with Crippen molar-refractivity contribution in [3.05, 3.63) is 12.2 Å². The zero-order valence-corrected chi connectivity index (χ0v) is 17.6. The number of carbonyl (C=O) groups excluding carboxylic acids is 2. The molecule has 4 nitrogen and oxygen atoms in total. The summed E-state index contributed by atoms with van der Waals surface area (Å²) in [6.07, 6.45) is 13.7. The van der Waals surface area contributed by atoms with E-state index in [-0.39, 0.29) is 5.91 Å². The molecule has 0 aromatic carbocycles. The minimum absolute atomic E-state index is 0.0721. The molecule has 0 spiro atoms. The first kappa shape index (κ1) is 24.7. The van der Waals surface area contributed by atoms with E-state index >= 15 is 0 Å². The number of nitrogens with zero attached hydrogens (tertiary/aromatic N) is 1. The Kier molecular flexibility index (Phi) is 16.2. The molecule has 0 radical (unpaired) electrons.